The van der Waals surface area contributed by atoms with Crippen LogP contribution in [0.15, 0.2) is 78.9 Å². The molecule has 1 aliphatic heterocycles. The molecule has 0 radical (unpaired) electrons. The summed E-state index contributed by atoms with van der Waals surface area (Å²) in [6.07, 6.45) is 0.393. The summed E-state index contributed by atoms with van der Waals surface area (Å²) in [7, 11) is 0. The van der Waals surface area contributed by atoms with E-state index >= 15 is 0 Å². The molecule has 1 atom stereocenters. The number of nitrogens with one attached hydrogen (secondary N) is 2. The van der Waals surface area contributed by atoms with Crippen LogP contribution in [0.5, 0.6) is 5.75 Å². The summed E-state index contributed by atoms with van der Waals surface area (Å²) in [5.41, 5.74) is 5.15. The summed E-state index contributed by atoms with van der Waals surface area (Å²) in [6, 6.07) is 23.7. The molecule has 9 nitrogen and oxygen atoms in total. The van der Waals surface area contributed by atoms with Gasteiger partial charge in [-0.3, -0.25) is 19.7 Å². The maximum absolute atomic E-state index is 13.2. The standard InChI is InChI=1S/C28H29N3O6/c32-26(30-35)19-36-24-12-11-22-16-25(27(33)29-14-13-20-7-3-1-4-8-20)31(17-23(22)15-24)28(34)37-18-21-9-5-2-6-10-21/h1-12,15,25,35H,13-14,16-19H2,(H,29,33)(H,30,32)/t25-/m0/s1. The van der Waals surface area contributed by atoms with E-state index in [-0.39, 0.29) is 25.7 Å². The number of hydroxylamine groups is 1. The van der Waals surface area contributed by atoms with Gasteiger partial charge in [0.1, 0.15) is 18.4 Å². The lowest BCUT2D eigenvalue weighted by atomic mass is 9.93. The van der Waals surface area contributed by atoms with E-state index in [1.807, 2.05) is 66.7 Å². The number of ether oxygens (including phenoxy) is 2. The third kappa shape index (κ3) is 7.08. The van der Waals surface area contributed by atoms with E-state index < -0.39 is 18.0 Å². The smallest absolute Gasteiger partial charge is 0.411 e. The van der Waals surface area contributed by atoms with Gasteiger partial charge in [-0.15, -0.1) is 0 Å². The average molecular weight is 504 g/mol. The molecule has 1 aliphatic rings. The quantitative estimate of drug-likeness (QED) is 0.305. The summed E-state index contributed by atoms with van der Waals surface area (Å²) < 4.78 is 11.0. The Kier molecular flexibility index (Phi) is 8.72. The van der Waals surface area contributed by atoms with Crippen molar-refractivity contribution < 1.29 is 29.1 Å². The second kappa shape index (κ2) is 12.5. The van der Waals surface area contributed by atoms with E-state index in [0.717, 1.165) is 22.3 Å². The Morgan fingerprint density at radius 2 is 1.62 bits per heavy atom. The Morgan fingerprint density at radius 1 is 0.919 bits per heavy atom. The average Bonchev–Trinajstić information content (AvgIpc) is 2.94. The molecule has 0 spiro atoms. The highest BCUT2D eigenvalue weighted by atomic mass is 16.6. The number of benzene rings is 3. The molecule has 0 aromatic heterocycles. The molecule has 1 heterocycles. The van der Waals surface area contributed by atoms with E-state index in [1.165, 1.54) is 10.4 Å². The van der Waals surface area contributed by atoms with Crippen molar-refractivity contribution in [3.05, 3.63) is 101 Å². The van der Waals surface area contributed by atoms with Crippen LogP contribution in [0, 0.1) is 0 Å². The minimum absolute atomic E-state index is 0.0881. The lowest BCUT2D eigenvalue weighted by Gasteiger charge is -2.35. The van der Waals surface area contributed by atoms with Gasteiger partial charge in [-0.2, -0.15) is 0 Å². The third-order valence-electron chi connectivity index (χ3n) is 6.10. The number of fused-ring (bicyclic) bond motifs is 1. The van der Waals surface area contributed by atoms with Crippen LogP contribution in [-0.2, 0) is 40.3 Å². The van der Waals surface area contributed by atoms with Crippen LogP contribution in [0.2, 0.25) is 0 Å². The summed E-state index contributed by atoms with van der Waals surface area (Å²) in [6.45, 7) is 0.317. The predicted octanol–water partition coefficient (Wildman–Crippen LogP) is 2.99. The third-order valence-corrected chi connectivity index (χ3v) is 6.10. The van der Waals surface area contributed by atoms with Gasteiger partial charge < -0.3 is 14.8 Å². The van der Waals surface area contributed by atoms with E-state index in [2.05, 4.69) is 5.32 Å². The van der Waals surface area contributed by atoms with Gasteiger partial charge in [0, 0.05) is 13.0 Å². The fourth-order valence-electron chi connectivity index (χ4n) is 4.15. The first kappa shape index (κ1) is 25.7. The van der Waals surface area contributed by atoms with Gasteiger partial charge in [0.05, 0.1) is 6.54 Å². The summed E-state index contributed by atoms with van der Waals surface area (Å²) in [4.78, 5) is 39.1. The molecule has 3 amide bonds. The van der Waals surface area contributed by atoms with Crippen molar-refractivity contribution in [1.82, 2.24) is 15.7 Å². The highest BCUT2D eigenvalue weighted by molar-refractivity contribution is 5.86. The Hall–Kier alpha value is -4.37. The molecule has 3 aromatic carbocycles. The summed E-state index contributed by atoms with van der Waals surface area (Å²) in [5, 5.41) is 11.6. The fourth-order valence-corrected chi connectivity index (χ4v) is 4.15. The highest BCUT2D eigenvalue weighted by Gasteiger charge is 2.35. The first-order valence-electron chi connectivity index (χ1n) is 12.0. The maximum atomic E-state index is 13.2. The zero-order chi connectivity index (χ0) is 26.0. The van der Waals surface area contributed by atoms with E-state index in [1.54, 1.807) is 12.1 Å². The fraction of sp³-hybridized carbons (Fsp3) is 0.250. The molecular weight excluding hydrogens is 474 g/mol. The Bertz CT molecular complexity index is 1220. The monoisotopic (exact) mass is 503 g/mol. The minimum atomic E-state index is -0.738. The zero-order valence-corrected chi connectivity index (χ0v) is 20.3. The van der Waals surface area contributed by atoms with Crippen molar-refractivity contribution in [2.75, 3.05) is 13.2 Å². The molecular formula is C28H29N3O6. The van der Waals surface area contributed by atoms with Crippen LogP contribution >= 0.6 is 0 Å². The van der Waals surface area contributed by atoms with Gasteiger partial charge in [-0.1, -0.05) is 66.7 Å². The number of rotatable bonds is 9. The number of carbonyl (C=O) groups is 3. The van der Waals surface area contributed by atoms with Gasteiger partial charge >= 0.3 is 6.09 Å². The molecule has 0 saturated carbocycles. The van der Waals surface area contributed by atoms with Crippen LogP contribution in [0.1, 0.15) is 22.3 Å². The number of hydrogen-bond acceptors (Lipinski definition) is 6. The van der Waals surface area contributed by atoms with Crippen LogP contribution in [0.3, 0.4) is 0 Å². The van der Waals surface area contributed by atoms with Crippen molar-refractivity contribution in [3.63, 3.8) is 0 Å². The van der Waals surface area contributed by atoms with E-state index in [9.17, 15) is 14.4 Å². The molecule has 0 fully saturated rings. The van der Waals surface area contributed by atoms with Crippen molar-refractivity contribution in [1.29, 1.82) is 0 Å². The van der Waals surface area contributed by atoms with Crippen LogP contribution in [0.25, 0.3) is 0 Å². The summed E-state index contributed by atoms with van der Waals surface area (Å²) >= 11 is 0. The molecule has 0 aliphatic carbocycles. The molecule has 4 rings (SSSR count). The van der Waals surface area contributed by atoms with E-state index in [4.69, 9.17) is 14.7 Å². The summed E-state index contributed by atoms with van der Waals surface area (Å²) in [5.74, 6) is -0.528. The highest BCUT2D eigenvalue weighted by Crippen LogP contribution is 2.28. The van der Waals surface area contributed by atoms with E-state index in [0.29, 0.717) is 25.1 Å². The number of carbonyl (C=O) groups excluding carboxylic acids is 3. The second-order valence-corrected chi connectivity index (χ2v) is 8.67. The lowest BCUT2D eigenvalue weighted by molar-refractivity contribution is -0.131. The lowest BCUT2D eigenvalue weighted by Crippen LogP contribution is -2.53. The van der Waals surface area contributed by atoms with Crippen molar-refractivity contribution in [2.45, 2.75) is 32.0 Å². The molecule has 3 aromatic rings. The normalized spacial score (nSPS) is 14.3. The molecule has 0 bridgehead atoms. The second-order valence-electron chi connectivity index (χ2n) is 8.67. The van der Waals surface area contributed by atoms with Crippen LogP contribution in [-0.4, -0.2) is 47.2 Å². The van der Waals surface area contributed by atoms with Crippen LogP contribution in [0.4, 0.5) is 4.79 Å². The number of hydrogen-bond donors (Lipinski definition) is 3. The zero-order valence-electron chi connectivity index (χ0n) is 20.3. The van der Waals surface area contributed by atoms with Crippen molar-refractivity contribution in [2.24, 2.45) is 0 Å². The van der Waals surface area contributed by atoms with Gasteiger partial charge in [0.2, 0.25) is 5.91 Å². The molecule has 0 unspecified atom stereocenters. The molecule has 37 heavy (non-hydrogen) atoms. The van der Waals surface area contributed by atoms with Gasteiger partial charge in [0.15, 0.2) is 6.61 Å². The molecule has 192 valence electrons. The van der Waals surface area contributed by atoms with Crippen molar-refractivity contribution in [3.8, 4) is 5.75 Å². The number of amides is 3. The van der Waals surface area contributed by atoms with Crippen LogP contribution < -0.4 is 15.5 Å². The molecule has 0 saturated heterocycles. The van der Waals surface area contributed by atoms with Gasteiger partial charge in [-0.05, 0) is 40.8 Å². The van der Waals surface area contributed by atoms with Gasteiger partial charge in [0.25, 0.3) is 5.91 Å². The number of nitrogens with zero attached hydrogens (tertiary/aromatic N) is 1. The predicted molar refractivity (Wildman–Crippen MR) is 135 cm³/mol. The Morgan fingerprint density at radius 3 is 2.32 bits per heavy atom. The molecule has 9 heteroatoms. The topological polar surface area (TPSA) is 117 Å². The Balaban J connectivity index is 1.47. The van der Waals surface area contributed by atoms with Crippen molar-refractivity contribution >= 4 is 17.9 Å². The Labute approximate surface area is 215 Å². The minimum Gasteiger partial charge on any atom is -0.484 e. The SMILES string of the molecule is O=C(COc1ccc2c(c1)CN(C(=O)OCc1ccccc1)[C@H](C(=O)NCCc1ccccc1)C2)NO. The van der Waals surface area contributed by atoms with Gasteiger partial charge in [-0.25, -0.2) is 10.3 Å². The molecule has 3 N–H and O–H groups in total. The first-order chi connectivity index (χ1) is 18.0. The first-order valence-corrected chi connectivity index (χ1v) is 12.0. The largest absolute Gasteiger partial charge is 0.484 e. The maximum Gasteiger partial charge on any atom is 0.411 e.